The van der Waals surface area contributed by atoms with Crippen molar-refractivity contribution in [3.63, 3.8) is 0 Å². The zero-order valence-corrected chi connectivity index (χ0v) is 15.4. The summed E-state index contributed by atoms with van der Waals surface area (Å²) in [4.78, 5) is 32.5. The molecule has 0 aliphatic heterocycles. The van der Waals surface area contributed by atoms with Crippen molar-refractivity contribution in [3.05, 3.63) is 65.4 Å². The number of Topliss-reactive ketones (excluding diaryl/α,β-unsaturated/α-hetero) is 1. The maximum Gasteiger partial charge on any atom is 0.251 e. The van der Waals surface area contributed by atoms with Crippen molar-refractivity contribution >= 4 is 11.7 Å². The van der Waals surface area contributed by atoms with Gasteiger partial charge in [0.25, 0.3) is 5.91 Å². The molecule has 0 unspecified atom stereocenters. The highest BCUT2D eigenvalue weighted by molar-refractivity contribution is 5.96. The number of aromatic nitrogens is 3. The van der Waals surface area contributed by atoms with Crippen molar-refractivity contribution in [2.75, 3.05) is 0 Å². The second-order valence-corrected chi connectivity index (χ2v) is 6.18. The van der Waals surface area contributed by atoms with E-state index < -0.39 is 0 Å². The number of carbonyl (C=O) groups excluding carboxylic acids is 2. The first-order valence-corrected chi connectivity index (χ1v) is 8.66. The van der Waals surface area contributed by atoms with Gasteiger partial charge in [0.05, 0.1) is 5.69 Å². The molecule has 0 aliphatic rings. The predicted octanol–water partition coefficient (Wildman–Crippen LogP) is 3.52. The highest BCUT2D eigenvalue weighted by atomic mass is 16.5. The topological polar surface area (TPSA) is 98.0 Å². The number of hydrogen-bond acceptors (Lipinski definition) is 6. The van der Waals surface area contributed by atoms with Crippen LogP contribution >= 0.6 is 0 Å². The first-order valence-electron chi connectivity index (χ1n) is 8.66. The van der Waals surface area contributed by atoms with E-state index in [9.17, 15) is 9.59 Å². The Bertz CT molecular complexity index is 963. The standard InChI is InChI=1S/C20H20N4O3/c1-4-17(20-22-13(3)24-27-20)23-19(26)15-7-5-6-14(10-15)18-9-8-16(11-21-18)12(2)25/h5-11,17H,4H2,1-3H3,(H,23,26)/t17-/m0/s1. The molecule has 2 heterocycles. The zero-order chi connectivity index (χ0) is 19.4. The molecule has 1 N–H and O–H groups in total. The van der Waals surface area contributed by atoms with Gasteiger partial charge in [-0.2, -0.15) is 4.98 Å². The number of benzene rings is 1. The third-order valence-corrected chi connectivity index (χ3v) is 4.15. The van der Waals surface area contributed by atoms with Crippen LogP contribution in [0.2, 0.25) is 0 Å². The Hall–Kier alpha value is -3.35. The molecular formula is C20H20N4O3. The fourth-order valence-electron chi connectivity index (χ4n) is 2.63. The van der Waals surface area contributed by atoms with Gasteiger partial charge in [0.2, 0.25) is 5.89 Å². The minimum atomic E-state index is -0.352. The third-order valence-electron chi connectivity index (χ3n) is 4.15. The fourth-order valence-corrected chi connectivity index (χ4v) is 2.63. The van der Waals surface area contributed by atoms with Gasteiger partial charge in [-0.25, -0.2) is 0 Å². The van der Waals surface area contributed by atoms with E-state index in [1.54, 1.807) is 37.3 Å². The van der Waals surface area contributed by atoms with Crippen molar-refractivity contribution in [2.45, 2.75) is 33.2 Å². The number of amides is 1. The van der Waals surface area contributed by atoms with E-state index in [1.165, 1.54) is 13.1 Å². The van der Waals surface area contributed by atoms with Crippen LogP contribution in [0.5, 0.6) is 0 Å². The smallest absolute Gasteiger partial charge is 0.251 e. The number of nitrogens with zero attached hydrogens (tertiary/aromatic N) is 3. The maximum absolute atomic E-state index is 12.7. The van der Waals surface area contributed by atoms with E-state index in [4.69, 9.17) is 4.52 Å². The summed E-state index contributed by atoms with van der Waals surface area (Å²) in [6, 6.07) is 10.3. The zero-order valence-electron chi connectivity index (χ0n) is 15.4. The Morgan fingerprint density at radius 1 is 1.19 bits per heavy atom. The van der Waals surface area contributed by atoms with Crippen LogP contribution in [0.1, 0.15) is 58.7 Å². The van der Waals surface area contributed by atoms with Crippen LogP contribution < -0.4 is 5.32 Å². The average molecular weight is 364 g/mol. The molecule has 0 fully saturated rings. The van der Waals surface area contributed by atoms with Crippen LogP contribution in [0.15, 0.2) is 47.1 Å². The maximum atomic E-state index is 12.7. The molecule has 1 atom stereocenters. The molecule has 2 aromatic heterocycles. The molecule has 7 nitrogen and oxygen atoms in total. The number of hydrogen-bond donors (Lipinski definition) is 1. The molecule has 0 radical (unpaired) electrons. The number of rotatable bonds is 6. The number of pyridine rings is 1. The summed E-state index contributed by atoms with van der Waals surface area (Å²) in [5.74, 6) is 0.643. The first-order chi connectivity index (χ1) is 13.0. The summed E-state index contributed by atoms with van der Waals surface area (Å²) >= 11 is 0. The summed E-state index contributed by atoms with van der Waals surface area (Å²) in [6.45, 7) is 5.16. The van der Waals surface area contributed by atoms with E-state index in [0.29, 0.717) is 35.0 Å². The van der Waals surface area contributed by atoms with Crippen LogP contribution in [-0.4, -0.2) is 26.8 Å². The number of aryl methyl sites for hydroxylation is 1. The van der Waals surface area contributed by atoms with Crippen molar-refractivity contribution in [2.24, 2.45) is 0 Å². The quantitative estimate of drug-likeness (QED) is 0.672. The predicted molar refractivity (Wildman–Crippen MR) is 99.2 cm³/mol. The van der Waals surface area contributed by atoms with Crippen LogP contribution in [-0.2, 0) is 0 Å². The largest absolute Gasteiger partial charge is 0.340 e. The van der Waals surface area contributed by atoms with Gasteiger partial charge in [-0.05, 0) is 44.5 Å². The second-order valence-electron chi connectivity index (χ2n) is 6.18. The van der Waals surface area contributed by atoms with Gasteiger partial charge in [0.1, 0.15) is 6.04 Å². The average Bonchev–Trinajstić information content (AvgIpc) is 3.12. The lowest BCUT2D eigenvalue weighted by Crippen LogP contribution is -2.28. The lowest BCUT2D eigenvalue weighted by atomic mass is 10.1. The summed E-state index contributed by atoms with van der Waals surface area (Å²) < 4.78 is 5.16. The fraction of sp³-hybridized carbons (Fsp3) is 0.250. The van der Waals surface area contributed by atoms with E-state index >= 15 is 0 Å². The second kappa shape index (κ2) is 7.90. The molecule has 0 saturated carbocycles. The molecule has 27 heavy (non-hydrogen) atoms. The van der Waals surface area contributed by atoms with Crippen molar-refractivity contribution in [1.82, 2.24) is 20.4 Å². The van der Waals surface area contributed by atoms with Crippen LogP contribution in [0, 0.1) is 6.92 Å². The van der Waals surface area contributed by atoms with Gasteiger partial charge in [0, 0.05) is 22.9 Å². The minimum absolute atomic E-state index is 0.0379. The molecule has 7 heteroatoms. The van der Waals surface area contributed by atoms with Crippen LogP contribution in [0.25, 0.3) is 11.3 Å². The molecule has 0 saturated heterocycles. The van der Waals surface area contributed by atoms with Crippen molar-refractivity contribution < 1.29 is 14.1 Å². The molecule has 0 aliphatic carbocycles. The molecule has 1 amide bonds. The number of ketones is 1. The Balaban J connectivity index is 1.79. The highest BCUT2D eigenvalue weighted by Crippen LogP contribution is 2.20. The van der Waals surface area contributed by atoms with E-state index in [2.05, 4.69) is 20.4 Å². The molecule has 138 valence electrons. The SMILES string of the molecule is CC[C@H](NC(=O)c1cccc(-c2ccc(C(C)=O)cn2)c1)c1nc(C)no1. The van der Waals surface area contributed by atoms with Crippen molar-refractivity contribution in [3.8, 4) is 11.3 Å². The summed E-state index contributed by atoms with van der Waals surface area (Å²) in [5, 5.41) is 6.68. The molecular weight excluding hydrogens is 344 g/mol. The van der Waals surface area contributed by atoms with E-state index in [0.717, 1.165) is 5.56 Å². The minimum Gasteiger partial charge on any atom is -0.340 e. The lowest BCUT2D eigenvalue weighted by molar-refractivity contribution is 0.0926. The van der Waals surface area contributed by atoms with Gasteiger partial charge in [0.15, 0.2) is 11.6 Å². The summed E-state index contributed by atoms with van der Waals surface area (Å²) in [6.07, 6.45) is 2.16. The first kappa shape index (κ1) is 18.4. The molecule has 3 rings (SSSR count). The Morgan fingerprint density at radius 2 is 2.00 bits per heavy atom. The molecule has 0 spiro atoms. The number of nitrogens with one attached hydrogen (secondary N) is 1. The van der Waals surface area contributed by atoms with Crippen LogP contribution in [0.4, 0.5) is 0 Å². The summed E-state index contributed by atoms with van der Waals surface area (Å²) in [5.41, 5.74) is 2.53. The highest BCUT2D eigenvalue weighted by Gasteiger charge is 2.19. The van der Waals surface area contributed by atoms with E-state index in [-0.39, 0.29) is 17.7 Å². The lowest BCUT2D eigenvalue weighted by Gasteiger charge is -2.13. The van der Waals surface area contributed by atoms with Crippen molar-refractivity contribution in [1.29, 1.82) is 0 Å². The van der Waals surface area contributed by atoms with Gasteiger partial charge < -0.3 is 9.84 Å². The number of carbonyl (C=O) groups is 2. The third kappa shape index (κ3) is 4.25. The van der Waals surface area contributed by atoms with Crippen LogP contribution in [0.3, 0.4) is 0 Å². The Labute approximate surface area is 156 Å². The molecule has 3 aromatic rings. The Morgan fingerprint density at radius 3 is 2.59 bits per heavy atom. The molecule has 1 aromatic carbocycles. The Kier molecular flexibility index (Phi) is 5.40. The summed E-state index contributed by atoms with van der Waals surface area (Å²) in [7, 11) is 0. The normalized spacial score (nSPS) is 11.8. The van der Waals surface area contributed by atoms with Gasteiger partial charge in [-0.3, -0.25) is 14.6 Å². The van der Waals surface area contributed by atoms with E-state index in [1.807, 2.05) is 13.0 Å². The molecule has 0 bridgehead atoms. The van der Waals surface area contributed by atoms with Gasteiger partial charge in [-0.1, -0.05) is 24.2 Å². The van der Waals surface area contributed by atoms with Gasteiger partial charge in [-0.15, -0.1) is 0 Å². The van der Waals surface area contributed by atoms with Gasteiger partial charge >= 0.3 is 0 Å². The monoisotopic (exact) mass is 364 g/mol.